The van der Waals surface area contributed by atoms with E-state index in [9.17, 15) is 9.59 Å². The molecule has 0 spiro atoms. The number of rotatable bonds is 3. The Kier molecular flexibility index (Phi) is 4.83. The molecule has 1 atom stereocenters. The first kappa shape index (κ1) is 15.4. The number of benzene rings is 1. The van der Waals surface area contributed by atoms with Crippen molar-refractivity contribution in [3.05, 3.63) is 29.3 Å². The number of carbonyl (C=O) groups excluding carboxylic acids is 1. The first-order valence-corrected chi connectivity index (χ1v) is 7.44. The van der Waals surface area contributed by atoms with Gasteiger partial charge in [-0.15, -0.1) is 0 Å². The Hall–Kier alpha value is -2.04. The van der Waals surface area contributed by atoms with E-state index in [-0.39, 0.29) is 17.6 Å². The van der Waals surface area contributed by atoms with E-state index in [2.05, 4.69) is 12.2 Å². The van der Waals surface area contributed by atoms with Gasteiger partial charge in [-0.1, -0.05) is 13.0 Å². The van der Waals surface area contributed by atoms with Crippen LogP contribution in [-0.4, -0.2) is 34.6 Å². The van der Waals surface area contributed by atoms with Crippen LogP contribution in [0.5, 0.6) is 0 Å². The van der Waals surface area contributed by atoms with E-state index in [1.54, 1.807) is 19.1 Å². The molecule has 1 aromatic carbocycles. The minimum atomic E-state index is -0.979. The predicted octanol–water partition coefficient (Wildman–Crippen LogP) is 3.49. The molecule has 2 amide bonds. The molecule has 5 heteroatoms. The molecule has 21 heavy (non-hydrogen) atoms. The van der Waals surface area contributed by atoms with Gasteiger partial charge in [0.15, 0.2) is 0 Å². The Morgan fingerprint density at radius 3 is 2.81 bits per heavy atom. The van der Waals surface area contributed by atoms with E-state index in [0.717, 1.165) is 32.2 Å². The molecule has 0 aliphatic carbocycles. The minimum absolute atomic E-state index is 0.137. The zero-order valence-corrected chi connectivity index (χ0v) is 12.6. The normalized spacial score (nSPS) is 18.4. The van der Waals surface area contributed by atoms with Crippen LogP contribution in [0.4, 0.5) is 10.5 Å². The smallest absolute Gasteiger partial charge is 0.336 e. The zero-order valence-electron chi connectivity index (χ0n) is 12.6. The number of urea groups is 1. The van der Waals surface area contributed by atoms with Crippen LogP contribution in [0.3, 0.4) is 0 Å². The van der Waals surface area contributed by atoms with Crippen molar-refractivity contribution in [3.8, 4) is 0 Å². The average molecular weight is 290 g/mol. The summed E-state index contributed by atoms with van der Waals surface area (Å²) < 4.78 is 0. The number of aromatic carboxylic acids is 1. The molecule has 1 heterocycles. The maximum absolute atomic E-state index is 12.4. The molecule has 2 N–H and O–H groups in total. The minimum Gasteiger partial charge on any atom is -0.478 e. The number of carboxylic acids is 1. The van der Waals surface area contributed by atoms with Gasteiger partial charge in [-0.3, -0.25) is 0 Å². The summed E-state index contributed by atoms with van der Waals surface area (Å²) in [5.41, 5.74) is 1.44. The van der Waals surface area contributed by atoms with Crippen LogP contribution >= 0.6 is 0 Å². The van der Waals surface area contributed by atoms with Crippen LogP contribution in [0.2, 0.25) is 0 Å². The quantitative estimate of drug-likeness (QED) is 0.895. The van der Waals surface area contributed by atoms with Gasteiger partial charge in [0.2, 0.25) is 0 Å². The van der Waals surface area contributed by atoms with Gasteiger partial charge in [0.25, 0.3) is 0 Å². The van der Waals surface area contributed by atoms with Crippen molar-refractivity contribution in [2.24, 2.45) is 0 Å². The summed E-state index contributed by atoms with van der Waals surface area (Å²) in [6, 6.07) is 5.11. The van der Waals surface area contributed by atoms with E-state index in [4.69, 9.17) is 5.11 Å². The number of hydrogen-bond acceptors (Lipinski definition) is 2. The fourth-order valence-electron chi connectivity index (χ4n) is 2.82. The highest BCUT2D eigenvalue weighted by molar-refractivity contribution is 5.94. The third-order valence-electron chi connectivity index (χ3n) is 4.08. The first-order chi connectivity index (χ1) is 10.0. The molecule has 0 aromatic heterocycles. The highest BCUT2D eigenvalue weighted by Crippen LogP contribution is 2.21. The number of carboxylic acid groups (broad SMARTS) is 1. The molecule has 1 aliphatic rings. The summed E-state index contributed by atoms with van der Waals surface area (Å²) in [6.07, 6.45) is 4.17. The molecule has 1 unspecified atom stereocenters. The van der Waals surface area contributed by atoms with Crippen molar-refractivity contribution in [1.29, 1.82) is 0 Å². The first-order valence-electron chi connectivity index (χ1n) is 7.44. The van der Waals surface area contributed by atoms with Crippen molar-refractivity contribution in [2.75, 3.05) is 11.9 Å². The van der Waals surface area contributed by atoms with Crippen LogP contribution in [0.15, 0.2) is 18.2 Å². The Labute approximate surface area is 125 Å². The van der Waals surface area contributed by atoms with E-state index in [0.29, 0.717) is 11.3 Å². The van der Waals surface area contributed by atoms with Crippen molar-refractivity contribution in [2.45, 2.75) is 45.6 Å². The van der Waals surface area contributed by atoms with Crippen LogP contribution in [-0.2, 0) is 0 Å². The van der Waals surface area contributed by atoms with Crippen molar-refractivity contribution in [1.82, 2.24) is 4.90 Å². The molecular formula is C16H22N2O3. The van der Waals surface area contributed by atoms with Gasteiger partial charge in [0.1, 0.15) is 0 Å². The van der Waals surface area contributed by atoms with Gasteiger partial charge < -0.3 is 15.3 Å². The molecule has 1 saturated heterocycles. The highest BCUT2D eigenvalue weighted by atomic mass is 16.4. The van der Waals surface area contributed by atoms with Crippen molar-refractivity contribution in [3.63, 3.8) is 0 Å². The molecule has 1 aliphatic heterocycles. The SMILES string of the molecule is CCC1CCCCN1C(=O)Nc1ccc(C)c(C(=O)O)c1. The number of likely N-dealkylation sites (tertiary alicyclic amines) is 1. The maximum Gasteiger partial charge on any atom is 0.336 e. The number of amides is 2. The lowest BCUT2D eigenvalue weighted by atomic mass is 10.0. The fourth-order valence-corrected chi connectivity index (χ4v) is 2.82. The lowest BCUT2D eigenvalue weighted by Crippen LogP contribution is -2.45. The highest BCUT2D eigenvalue weighted by Gasteiger charge is 2.25. The van der Waals surface area contributed by atoms with Crippen molar-refractivity contribution >= 4 is 17.7 Å². The Morgan fingerprint density at radius 2 is 2.14 bits per heavy atom. The van der Waals surface area contributed by atoms with E-state index in [1.165, 1.54) is 6.07 Å². The van der Waals surface area contributed by atoms with E-state index < -0.39 is 5.97 Å². The summed E-state index contributed by atoms with van der Waals surface area (Å²) in [7, 11) is 0. The number of nitrogens with zero attached hydrogens (tertiary/aromatic N) is 1. The topological polar surface area (TPSA) is 69.6 Å². The molecule has 2 rings (SSSR count). The summed E-state index contributed by atoms with van der Waals surface area (Å²) in [4.78, 5) is 25.4. The number of nitrogens with one attached hydrogen (secondary N) is 1. The molecule has 0 saturated carbocycles. The van der Waals surface area contributed by atoms with E-state index in [1.807, 2.05) is 4.90 Å². The number of hydrogen-bond donors (Lipinski definition) is 2. The Balaban J connectivity index is 2.12. The van der Waals surface area contributed by atoms with Gasteiger partial charge in [-0.25, -0.2) is 9.59 Å². The number of anilines is 1. The van der Waals surface area contributed by atoms with Crippen LogP contribution in [0.25, 0.3) is 0 Å². The van der Waals surface area contributed by atoms with Crippen molar-refractivity contribution < 1.29 is 14.7 Å². The van der Waals surface area contributed by atoms with Crippen LogP contribution in [0, 0.1) is 6.92 Å². The van der Waals surface area contributed by atoms with Gasteiger partial charge in [-0.2, -0.15) is 0 Å². The fraction of sp³-hybridized carbons (Fsp3) is 0.500. The third-order valence-corrected chi connectivity index (χ3v) is 4.08. The lowest BCUT2D eigenvalue weighted by molar-refractivity contribution is 0.0696. The summed E-state index contributed by atoms with van der Waals surface area (Å²) in [6.45, 7) is 4.60. The monoisotopic (exact) mass is 290 g/mol. The van der Waals surface area contributed by atoms with Gasteiger partial charge in [-0.05, 0) is 50.3 Å². The summed E-state index contributed by atoms with van der Waals surface area (Å²) in [5, 5.41) is 12.0. The summed E-state index contributed by atoms with van der Waals surface area (Å²) in [5.74, 6) is -0.979. The molecule has 0 radical (unpaired) electrons. The second-order valence-corrected chi connectivity index (χ2v) is 5.52. The number of piperidine rings is 1. The van der Waals surface area contributed by atoms with E-state index >= 15 is 0 Å². The number of aryl methyl sites for hydroxylation is 1. The molecule has 1 aromatic rings. The number of carbonyl (C=O) groups is 2. The van der Waals surface area contributed by atoms with Gasteiger partial charge >= 0.3 is 12.0 Å². The lowest BCUT2D eigenvalue weighted by Gasteiger charge is -2.35. The van der Waals surface area contributed by atoms with Crippen LogP contribution < -0.4 is 5.32 Å². The standard InChI is InChI=1S/C16H22N2O3/c1-3-13-6-4-5-9-18(13)16(21)17-12-8-7-11(2)14(10-12)15(19)20/h7-8,10,13H,3-6,9H2,1-2H3,(H,17,21)(H,19,20). The second-order valence-electron chi connectivity index (χ2n) is 5.52. The Bertz CT molecular complexity index is 542. The summed E-state index contributed by atoms with van der Waals surface area (Å²) >= 11 is 0. The largest absolute Gasteiger partial charge is 0.478 e. The second kappa shape index (κ2) is 6.61. The van der Waals surface area contributed by atoms with Crippen LogP contribution in [0.1, 0.15) is 48.5 Å². The van der Waals surface area contributed by atoms with Gasteiger partial charge in [0.05, 0.1) is 5.56 Å². The Morgan fingerprint density at radius 1 is 1.38 bits per heavy atom. The molecule has 0 bridgehead atoms. The maximum atomic E-state index is 12.4. The molecule has 114 valence electrons. The average Bonchev–Trinajstić information content (AvgIpc) is 2.48. The molecular weight excluding hydrogens is 268 g/mol. The third kappa shape index (κ3) is 3.54. The van der Waals surface area contributed by atoms with Gasteiger partial charge in [0, 0.05) is 18.3 Å². The zero-order chi connectivity index (χ0) is 15.4. The predicted molar refractivity (Wildman–Crippen MR) is 81.8 cm³/mol. The molecule has 5 nitrogen and oxygen atoms in total. The molecule has 1 fully saturated rings.